The molecule has 2 heterocycles. The van der Waals surface area contributed by atoms with Crippen LogP contribution in [0.1, 0.15) is 27.8 Å². The first-order valence-electron chi connectivity index (χ1n) is 5.29. The molecule has 0 fully saturated rings. The summed E-state index contributed by atoms with van der Waals surface area (Å²) in [5, 5.41) is 15.5. The summed E-state index contributed by atoms with van der Waals surface area (Å²) < 4.78 is 4.93. The van der Waals surface area contributed by atoms with Gasteiger partial charge in [0.2, 0.25) is 5.89 Å². The molecular weight excluding hydrogens is 236 g/mol. The highest BCUT2D eigenvalue weighted by atomic mass is 16.5. The molecule has 94 valence electrons. The molecule has 0 aliphatic heterocycles. The van der Waals surface area contributed by atoms with Gasteiger partial charge in [0.1, 0.15) is 5.82 Å². The molecule has 0 aliphatic rings. The molecular formula is C11H12N4O3. The monoisotopic (exact) mass is 248 g/mol. The van der Waals surface area contributed by atoms with Crippen molar-refractivity contribution in [2.75, 3.05) is 5.32 Å². The molecule has 2 aromatic rings. The summed E-state index contributed by atoms with van der Waals surface area (Å²) in [6.45, 7) is 3.76. The number of nitrogens with one attached hydrogen (secondary N) is 1. The second-order valence-electron chi connectivity index (χ2n) is 3.78. The van der Waals surface area contributed by atoms with E-state index >= 15 is 0 Å². The Morgan fingerprint density at radius 1 is 1.39 bits per heavy atom. The smallest absolute Gasteiger partial charge is 0.335 e. The van der Waals surface area contributed by atoms with Gasteiger partial charge in [0.15, 0.2) is 5.82 Å². The van der Waals surface area contributed by atoms with Gasteiger partial charge in [-0.1, -0.05) is 5.16 Å². The first-order valence-corrected chi connectivity index (χ1v) is 5.29. The Hall–Kier alpha value is -2.44. The van der Waals surface area contributed by atoms with Crippen LogP contribution < -0.4 is 5.32 Å². The van der Waals surface area contributed by atoms with Crippen LogP contribution in [0.3, 0.4) is 0 Å². The highest BCUT2D eigenvalue weighted by molar-refractivity contribution is 5.88. The molecule has 2 aromatic heterocycles. The minimum Gasteiger partial charge on any atom is -0.478 e. The van der Waals surface area contributed by atoms with Gasteiger partial charge in [0.25, 0.3) is 0 Å². The SMILES string of the molecule is Cc1cc(C(=O)O)cc(NCc2nc(C)no2)n1. The summed E-state index contributed by atoms with van der Waals surface area (Å²) in [7, 11) is 0. The largest absolute Gasteiger partial charge is 0.478 e. The van der Waals surface area contributed by atoms with E-state index in [0.717, 1.165) is 0 Å². The predicted molar refractivity (Wildman–Crippen MR) is 62.3 cm³/mol. The van der Waals surface area contributed by atoms with Gasteiger partial charge in [-0.05, 0) is 26.0 Å². The Morgan fingerprint density at radius 3 is 2.78 bits per heavy atom. The highest BCUT2D eigenvalue weighted by Gasteiger charge is 2.08. The Kier molecular flexibility index (Phi) is 3.22. The number of aromatic carboxylic acids is 1. The number of carbonyl (C=O) groups is 1. The molecule has 0 unspecified atom stereocenters. The number of nitrogens with zero attached hydrogens (tertiary/aromatic N) is 3. The fourth-order valence-electron chi connectivity index (χ4n) is 1.46. The number of carboxylic acids is 1. The van der Waals surface area contributed by atoms with Gasteiger partial charge < -0.3 is 14.9 Å². The van der Waals surface area contributed by atoms with Crippen molar-refractivity contribution in [3.05, 3.63) is 35.1 Å². The van der Waals surface area contributed by atoms with Crippen LogP contribution in [0.5, 0.6) is 0 Å². The second kappa shape index (κ2) is 4.82. The van der Waals surface area contributed by atoms with Crippen molar-refractivity contribution in [2.24, 2.45) is 0 Å². The Labute approximate surface area is 103 Å². The van der Waals surface area contributed by atoms with Crippen LogP contribution in [-0.4, -0.2) is 26.2 Å². The summed E-state index contributed by atoms with van der Waals surface area (Å²) in [4.78, 5) is 19.1. The molecule has 0 spiro atoms. The zero-order valence-electron chi connectivity index (χ0n) is 9.97. The second-order valence-corrected chi connectivity index (χ2v) is 3.78. The van der Waals surface area contributed by atoms with Crippen LogP contribution in [0.15, 0.2) is 16.7 Å². The van der Waals surface area contributed by atoms with E-state index in [0.29, 0.717) is 29.8 Å². The fourth-order valence-corrected chi connectivity index (χ4v) is 1.46. The number of hydrogen-bond donors (Lipinski definition) is 2. The highest BCUT2D eigenvalue weighted by Crippen LogP contribution is 2.11. The van der Waals surface area contributed by atoms with E-state index in [9.17, 15) is 4.79 Å². The molecule has 0 radical (unpaired) electrons. The number of aryl methyl sites for hydroxylation is 2. The molecule has 0 aromatic carbocycles. The number of rotatable bonds is 4. The molecule has 0 amide bonds. The van der Waals surface area contributed by atoms with Crippen molar-refractivity contribution in [1.82, 2.24) is 15.1 Å². The number of carboxylic acid groups (broad SMARTS) is 1. The Balaban J connectivity index is 2.11. The molecule has 0 atom stereocenters. The lowest BCUT2D eigenvalue weighted by Crippen LogP contribution is -2.05. The fraction of sp³-hybridized carbons (Fsp3) is 0.273. The van der Waals surface area contributed by atoms with Gasteiger partial charge in [-0.15, -0.1) is 0 Å². The molecule has 0 saturated heterocycles. The van der Waals surface area contributed by atoms with Crippen LogP contribution in [0, 0.1) is 13.8 Å². The van der Waals surface area contributed by atoms with Gasteiger partial charge >= 0.3 is 5.97 Å². The van der Waals surface area contributed by atoms with E-state index in [4.69, 9.17) is 9.63 Å². The predicted octanol–water partition coefficient (Wildman–Crippen LogP) is 1.39. The van der Waals surface area contributed by atoms with E-state index in [1.54, 1.807) is 13.8 Å². The minimum absolute atomic E-state index is 0.187. The number of aromatic nitrogens is 3. The van der Waals surface area contributed by atoms with Crippen LogP contribution in [0.25, 0.3) is 0 Å². The molecule has 18 heavy (non-hydrogen) atoms. The van der Waals surface area contributed by atoms with Crippen molar-refractivity contribution >= 4 is 11.8 Å². The lowest BCUT2D eigenvalue weighted by atomic mass is 10.2. The summed E-state index contributed by atoms with van der Waals surface area (Å²) >= 11 is 0. The van der Waals surface area contributed by atoms with E-state index in [1.807, 2.05) is 0 Å². The molecule has 2 rings (SSSR count). The average molecular weight is 248 g/mol. The van der Waals surface area contributed by atoms with E-state index in [2.05, 4.69) is 20.4 Å². The Morgan fingerprint density at radius 2 is 2.17 bits per heavy atom. The first-order chi connectivity index (χ1) is 8.54. The topological polar surface area (TPSA) is 101 Å². The summed E-state index contributed by atoms with van der Waals surface area (Å²) in [5.74, 6) is 0.448. The number of anilines is 1. The third-order valence-electron chi connectivity index (χ3n) is 2.19. The summed E-state index contributed by atoms with van der Waals surface area (Å²) in [5.41, 5.74) is 0.811. The van der Waals surface area contributed by atoms with Crippen molar-refractivity contribution < 1.29 is 14.4 Å². The van der Waals surface area contributed by atoms with Crippen molar-refractivity contribution in [3.8, 4) is 0 Å². The van der Waals surface area contributed by atoms with Crippen LogP contribution >= 0.6 is 0 Å². The molecule has 7 nitrogen and oxygen atoms in total. The third-order valence-corrected chi connectivity index (χ3v) is 2.19. The third kappa shape index (κ3) is 2.82. The first kappa shape index (κ1) is 12.0. The zero-order chi connectivity index (χ0) is 13.1. The minimum atomic E-state index is -0.989. The number of pyridine rings is 1. The maximum atomic E-state index is 10.9. The molecule has 7 heteroatoms. The van der Waals surface area contributed by atoms with Crippen molar-refractivity contribution in [3.63, 3.8) is 0 Å². The normalized spacial score (nSPS) is 10.3. The molecule has 0 bridgehead atoms. The quantitative estimate of drug-likeness (QED) is 0.842. The standard InChI is InChI=1S/C11H12N4O3/c1-6-3-8(11(16)17)4-9(13-6)12-5-10-14-7(2)15-18-10/h3-4H,5H2,1-2H3,(H,12,13)(H,16,17). The molecule has 0 saturated carbocycles. The van der Waals surface area contributed by atoms with Crippen molar-refractivity contribution in [2.45, 2.75) is 20.4 Å². The molecule has 2 N–H and O–H groups in total. The lowest BCUT2D eigenvalue weighted by molar-refractivity contribution is 0.0696. The van der Waals surface area contributed by atoms with Crippen LogP contribution in [-0.2, 0) is 6.54 Å². The van der Waals surface area contributed by atoms with Gasteiger partial charge in [-0.2, -0.15) is 4.98 Å². The van der Waals surface area contributed by atoms with Crippen molar-refractivity contribution in [1.29, 1.82) is 0 Å². The lowest BCUT2D eigenvalue weighted by Gasteiger charge is -2.05. The van der Waals surface area contributed by atoms with E-state index < -0.39 is 5.97 Å². The van der Waals surface area contributed by atoms with Crippen LogP contribution in [0.2, 0.25) is 0 Å². The van der Waals surface area contributed by atoms with Crippen LogP contribution in [0.4, 0.5) is 5.82 Å². The number of hydrogen-bond acceptors (Lipinski definition) is 6. The Bertz CT molecular complexity index is 579. The van der Waals surface area contributed by atoms with E-state index in [1.165, 1.54) is 12.1 Å². The maximum absolute atomic E-state index is 10.9. The summed E-state index contributed by atoms with van der Waals surface area (Å²) in [6.07, 6.45) is 0. The molecule has 0 aliphatic carbocycles. The van der Waals surface area contributed by atoms with Gasteiger partial charge in [0, 0.05) is 5.69 Å². The van der Waals surface area contributed by atoms with Gasteiger partial charge in [-0.3, -0.25) is 0 Å². The zero-order valence-corrected chi connectivity index (χ0v) is 9.97. The van der Waals surface area contributed by atoms with E-state index in [-0.39, 0.29) is 5.56 Å². The average Bonchev–Trinajstić information content (AvgIpc) is 2.72. The van der Waals surface area contributed by atoms with Gasteiger partial charge in [-0.25, -0.2) is 9.78 Å². The van der Waals surface area contributed by atoms with Gasteiger partial charge in [0.05, 0.1) is 12.1 Å². The maximum Gasteiger partial charge on any atom is 0.335 e. The summed E-state index contributed by atoms with van der Waals surface area (Å²) in [6, 6.07) is 2.96.